The lowest BCUT2D eigenvalue weighted by atomic mass is 9.30. The maximum Gasteiger partial charge on any atom is 0.212 e. The van der Waals surface area contributed by atoms with Crippen molar-refractivity contribution in [2.75, 3.05) is 4.90 Å². The Labute approximate surface area is 417 Å². The second-order valence-electron chi connectivity index (χ2n) is 22.4. The summed E-state index contributed by atoms with van der Waals surface area (Å²) < 4.78 is 0. The molecular formula is C68H62BN. The Morgan fingerprint density at radius 1 is 0.514 bits per heavy atom. The first-order valence-corrected chi connectivity index (χ1v) is 25.6. The third-order valence-electron chi connectivity index (χ3n) is 16.5. The first kappa shape index (κ1) is 44.1. The predicted octanol–water partition coefficient (Wildman–Crippen LogP) is 17.5. The summed E-state index contributed by atoms with van der Waals surface area (Å²) in [4.78, 5) is 2.32. The van der Waals surface area contributed by atoms with Crippen molar-refractivity contribution in [2.45, 2.75) is 78.0 Å². The quantitative estimate of drug-likeness (QED) is 0.137. The highest BCUT2D eigenvalue weighted by Crippen LogP contribution is 2.57. The van der Waals surface area contributed by atoms with E-state index in [-0.39, 0.29) is 16.2 Å². The van der Waals surface area contributed by atoms with E-state index in [1.165, 1.54) is 88.9 Å². The summed E-state index contributed by atoms with van der Waals surface area (Å²) in [6.45, 7) is 17.0. The molecule has 0 amide bonds. The molecule has 342 valence electrons. The van der Waals surface area contributed by atoms with Crippen LogP contribution in [0.25, 0.3) is 39.0 Å². The lowest BCUT2D eigenvalue weighted by Gasteiger charge is -2.36. The number of para-hydroxylation sites is 2. The van der Waals surface area contributed by atoms with Crippen molar-refractivity contribution in [3.8, 4) is 33.4 Å². The number of nitrogens with zero attached hydrogens (tertiary/aromatic N) is 1. The van der Waals surface area contributed by atoms with E-state index >= 15 is 0 Å². The lowest BCUT2D eigenvalue weighted by Crippen LogP contribution is -2.40. The molecule has 2 atom stereocenters. The van der Waals surface area contributed by atoms with Gasteiger partial charge in [-0.2, -0.15) is 0 Å². The molecule has 12 rings (SSSR count). The van der Waals surface area contributed by atoms with Gasteiger partial charge in [0.25, 0.3) is 0 Å². The zero-order valence-corrected chi connectivity index (χ0v) is 41.8. The number of hydrogen-bond donors (Lipinski definition) is 0. The summed E-state index contributed by atoms with van der Waals surface area (Å²) >= 11 is 0. The van der Waals surface area contributed by atoms with E-state index < -0.39 is 0 Å². The smallest absolute Gasteiger partial charge is 0.212 e. The Bertz CT molecular complexity index is 3350. The minimum Gasteiger partial charge on any atom is -0.311 e. The normalized spacial score (nSPS) is 18.8. The van der Waals surface area contributed by atoms with Crippen LogP contribution in [0.5, 0.6) is 0 Å². The molecule has 0 aromatic heterocycles. The first-order valence-electron chi connectivity index (χ1n) is 25.6. The van der Waals surface area contributed by atoms with Gasteiger partial charge in [-0.1, -0.05) is 217 Å². The summed E-state index contributed by atoms with van der Waals surface area (Å²) in [5.74, 6) is 0.752. The van der Waals surface area contributed by atoms with Crippen LogP contribution in [0.3, 0.4) is 0 Å². The Hall–Kier alpha value is -7.16. The molecule has 5 aliphatic carbocycles. The van der Waals surface area contributed by atoms with Gasteiger partial charge in [0.15, 0.2) is 0 Å². The average Bonchev–Trinajstić information content (AvgIpc) is 3.74. The van der Waals surface area contributed by atoms with Gasteiger partial charge in [0.05, 0.1) is 0 Å². The van der Waals surface area contributed by atoms with E-state index in [0.717, 1.165) is 29.9 Å². The van der Waals surface area contributed by atoms with Crippen LogP contribution >= 0.6 is 0 Å². The standard InChI is InChI=1S/C68H62BN/c1-66(2,3)48-33-35-50(36-34-48)69(49-19-11-8-12-20-49)65-28-18-26-55-54(25-17-27-58(55)65)47-32-40-57-60-43-59-56-39-31-46(41-61(56)67(4,5)63(59)44-64(60)68(6,7)62(57)42-47)45-29-37-53(38-30-45)70(51-21-13-9-14-22-51)52-23-15-10-16-24-52/h8-26,28-35,37-44,50,58H,27,36H2,1-7H3. The van der Waals surface area contributed by atoms with Crippen LogP contribution in [0.1, 0.15) is 89.1 Å². The van der Waals surface area contributed by atoms with Crippen molar-refractivity contribution >= 4 is 34.8 Å². The molecule has 0 heterocycles. The molecule has 0 spiro atoms. The van der Waals surface area contributed by atoms with E-state index in [1.807, 2.05) is 0 Å². The van der Waals surface area contributed by atoms with Crippen molar-refractivity contribution in [1.82, 2.24) is 0 Å². The molecule has 2 heteroatoms. The number of fused-ring (bicyclic) bond motifs is 7. The molecule has 5 aliphatic rings. The molecule has 0 saturated heterocycles. The van der Waals surface area contributed by atoms with Crippen LogP contribution in [0.2, 0.25) is 5.82 Å². The molecule has 0 radical (unpaired) electrons. The molecule has 0 fully saturated rings. The molecule has 70 heavy (non-hydrogen) atoms. The number of allylic oxidation sites excluding steroid dienone is 12. The zero-order valence-electron chi connectivity index (χ0n) is 41.8. The highest BCUT2D eigenvalue weighted by atomic mass is 15.1. The highest BCUT2D eigenvalue weighted by Gasteiger charge is 2.43. The van der Waals surface area contributed by atoms with Crippen LogP contribution in [0, 0.1) is 11.3 Å². The third-order valence-corrected chi connectivity index (χ3v) is 16.5. The third kappa shape index (κ3) is 7.29. The Kier molecular flexibility index (Phi) is 10.6. The Morgan fingerprint density at radius 3 is 1.64 bits per heavy atom. The molecular weight excluding hydrogens is 842 g/mol. The number of benzene rings is 7. The number of anilines is 3. The fraction of sp³-hybridized carbons (Fsp3) is 0.206. The van der Waals surface area contributed by atoms with Crippen LogP contribution in [0.15, 0.2) is 229 Å². The molecule has 1 nitrogen and oxygen atoms in total. The van der Waals surface area contributed by atoms with Gasteiger partial charge in [-0.3, -0.25) is 0 Å². The molecule has 7 aromatic carbocycles. The van der Waals surface area contributed by atoms with E-state index in [0.29, 0.717) is 18.4 Å². The summed E-state index contributed by atoms with van der Waals surface area (Å²) in [6.07, 6.45) is 21.6. The molecule has 0 saturated carbocycles. The molecule has 0 aliphatic heterocycles. The summed E-state index contributed by atoms with van der Waals surface area (Å²) in [5, 5.41) is 0. The fourth-order valence-corrected chi connectivity index (χ4v) is 12.7. The second kappa shape index (κ2) is 16.8. The van der Waals surface area contributed by atoms with Gasteiger partial charge in [-0.05, 0) is 157 Å². The van der Waals surface area contributed by atoms with Gasteiger partial charge in [0, 0.05) is 33.8 Å². The van der Waals surface area contributed by atoms with Gasteiger partial charge in [-0.25, -0.2) is 0 Å². The maximum atomic E-state index is 2.57. The SMILES string of the molecule is CC(C)(C)C1=CCC(B(C2=CC=CC3=C(c4ccc5c(c4)C(C)(C)c4cc6c(cc4-5)-c4ccc(-c5ccc(N(c7ccccc7)c7ccccc7)cc5)cc4C6(C)C)C=CCC23)c2ccccc2)C=C1. The van der Waals surface area contributed by atoms with Crippen molar-refractivity contribution in [3.63, 3.8) is 0 Å². The highest BCUT2D eigenvalue weighted by molar-refractivity contribution is 6.81. The van der Waals surface area contributed by atoms with E-state index in [9.17, 15) is 0 Å². The zero-order chi connectivity index (χ0) is 47.9. The van der Waals surface area contributed by atoms with Crippen molar-refractivity contribution in [3.05, 3.63) is 257 Å². The maximum absolute atomic E-state index is 2.57. The van der Waals surface area contributed by atoms with Crippen molar-refractivity contribution in [2.24, 2.45) is 11.3 Å². The number of rotatable bonds is 8. The minimum absolute atomic E-state index is 0.147. The molecule has 0 bridgehead atoms. The van der Waals surface area contributed by atoms with E-state index in [1.54, 1.807) is 0 Å². The second-order valence-corrected chi connectivity index (χ2v) is 22.4. The molecule has 0 N–H and O–H groups in total. The van der Waals surface area contributed by atoms with Crippen molar-refractivity contribution < 1.29 is 0 Å². The first-order chi connectivity index (χ1) is 33.9. The van der Waals surface area contributed by atoms with Gasteiger partial charge in [0.1, 0.15) is 0 Å². The van der Waals surface area contributed by atoms with E-state index in [2.05, 4.69) is 266 Å². The van der Waals surface area contributed by atoms with Gasteiger partial charge >= 0.3 is 0 Å². The Balaban J connectivity index is 0.858. The predicted molar refractivity (Wildman–Crippen MR) is 300 cm³/mol. The lowest BCUT2D eigenvalue weighted by molar-refractivity contribution is 0.512. The summed E-state index contributed by atoms with van der Waals surface area (Å²) in [7, 11) is 0. The minimum atomic E-state index is -0.150. The van der Waals surface area contributed by atoms with Gasteiger partial charge < -0.3 is 4.90 Å². The van der Waals surface area contributed by atoms with Gasteiger partial charge in [-0.15, -0.1) is 0 Å². The summed E-state index contributed by atoms with van der Waals surface area (Å²) in [5.41, 5.74) is 25.4. The van der Waals surface area contributed by atoms with Crippen LogP contribution in [0.4, 0.5) is 17.1 Å². The fourth-order valence-electron chi connectivity index (χ4n) is 12.7. The summed E-state index contributed by atoms with van der Waals surface area (Å²) in [6, 6.07) is 61.3. The monoisotopic (exact) mass is 903 g/mol. The van der Waals surface area contributed by atoms with Gasteiger partial charge in [0.2, 0.25) is 6.71 Å². The Morgan fingerprint density at radius 2 is 1.06 bits per heavy atom. The van der Waals surface area contributed by atoms with E-state index in [4.69, 9.17) is 0 Å². The average molecular weight is 904 g/mol. The molecule has 7 aromatic rings. The largest absolute Gasteiger partial charge is 0.311 e. The topological polar surface area (TPSA) is 3.24 Å². The number of hydrogen-bond acceptors (Lipinski definition) is 1. The van der Waals surface area contributed by atoms with Crippen molar-refractivity contribution in [1.29, 1.82) is 0 Å². The van der Waals surface area contributed by atoms with Crippen LogP contribution in [-0.4, -0.2) is 6.71 Å². The van der Waals surface area contributed by atoms with Crippen LogP contribution in [-0.2, 0) is 10.8 Å². The molecule has 2 unspecified atom stereocenters. The van der Waals surface area contributed by atoms with Crippen LogP contribution < -0.4 is 10.4 Å².